The third-order valence-electron chi connectivity index (χ3n) is 8.17. The quantitative estimate of drug-likeness (QED) is 0.219. The van der Waals surface area contributed by atoms with Crippen molar-refractivity contribution in [3.63, 3.8) is 0 Å². The van der Waals surface area contributed by atoms with Crippen molar-refractivity contribution < 1.29 is 4.74 Å². The molecule has 0 aliphatic heterocycles. The van der Waals surface area contributed by atoms with Crippen LogP contribution >= 0.6 is 0 Å². The molecule has 0 amide bonds. The molecule has 3 fully saturated rings. The molecule has 0 heterocycles. The lowest BCUT2D eigenvalue weighted by Gasteiger charge is -2.54. The predicted molar refractivity (Wildman–Crippen MR) is 130 cm³/mol. The van der Waals surface area contributed by atoms with Crippen molar-refractivity contribution in [2.24, 2.45) is 5.41 Å². The normalized spacial score (nSPS) is 25.8. The lowest BCUT2D eigenvalue weighted by Crippen LogP contribution is -2.44. The summed E-state index contributed by atoms with van der Waals surface area (Å²) in [5.74, 6) is 1.02. The molecule has 0 aromatic heterocycles. The van der Waals surface area contributed by atoms with E-state index in [-0.39, 0.29) is 0 Å². The van der Waals surface area contributed by atoms with Gasteiger partial charge < -0.3 is 4.74 Å². The van der Waals surface area contributed by atoms with E-state index in [0.29, 0.717) is 17.4 Å². The smallest absolute Gasteiger partial charge is 0.119 e. The van der Waals surface area contributed by atoms with E-state index in [1.807, 2.05) is 0 Å². The SMILES string of the molecule is CCCCC/C=C/COc1ccc(C23CCC(CCCCCCC)(CC2)CC3)cc1. The Hall–Kier alpha value is -1.24. The lowest BCUT2D eigenvalue weighted by molar-refractivity contribution is 0.0304. The Labute approximate surface area is 186 Å². The Morgan fingerprint density at radius 1 is 0.733 bits per heavy atom. The first-order valence-electron chi connectivity index (χ1n) is 13.1. The Bertz CT molecular complexity index is 602. The van der Waals surface area contributed by atoms with Crippen LogP contribution in [0.25, 0.3) is 0 Å². The zero-order valence-corrected chi connectivity index (χ0v) is 19.9. The van der Waals surface area contributed by atoms with Gasteiger partial charge in [0.25, 0.3) is 0 Å². The zero-order chi connectivity index (χ0) is 21.1. The molecule has 1 nitrogen and oxygen atoms in total. The van der Waals surface area contributed by atoms with Crippen LogP contribution in [0.1, 0.15) is 122 Å². The van der Waals surface area contributed by atoms with Crippen molar-refractivity contribution in [1.82, 2.24) is 0 Å². The van der Waals surface area contributed by atoms with Crippen LogP contribution in [0.4, 0.5) is 0 Å². The molecule has 1 heteroatoms. The van der Waals surface area contributed by atoms with E-state index in [2.05, 4.69) is 50.3 Å². The molecule has 1 aromatic carbocycles. The summed E-state index contributed by atoms with van der Waals surface area (Å²) >= 11 is 0. The van der Waals surface area contributed by atoms with Crippen molar-refractivity contribution in [3.8, 4) is 5.75 Å². The van der Waals surface area contributed by atoms with Gasteiger partial charge in [-0.1, -0.05) is 83.1 Å². The third kappa shape index (κ3) is 6.38. The summed E-state index contributed by atoms with van der Waals surface area (Å²) in [7, 11) is 0. The maximum atomic E-state index is 5.93. The fourth-order valence-corrected chi connectivity index (χ4v) is 5.92. The van der Waals surface area contributed by atoms with Crippen LogP contribution in [0.15, 0.2) is 36.4 Å². The maximum Gasteiger partial charge on any atom is 0.119 e. The van der Waals surface area contributed by atoms with Gasteiger partial charge in [-0.25, -0.2) is 0 Å². The zero-order valence-electron chi connectivity index (χ0n) is 19.9. The van der Waals surface area contributed by atoms with Crippen molar-refractivity contribution in [1.29, 1.82) is 0 Å². The minimum atomic E-state index is 0.460. The number of unbranched alkanes of at least 4 members (excludes halogenated alkanes) is 7. The molecule has 3 aliphatic rings. The first-order valence-corrected chi connectivity index (χ1v) is 13.1. The van der Waals surface area contributed by atoms with E-state index in [1.54, 1.807) is 5.56 Å². The second-order valence-corrected chi connectivity index (χ2v) is 10.2. The lowest BCUT2D eigenvalue weighted by atomic mass is 9.51. The van der Waals surface area contributed by atoms with E-state index in [9.17, 15) is 0 Å². The van der Waals surface area contributed by atoms with Crippen LogP contribution in [-0.4, -0.2) is 6.61 Å². The Morgan fingerprint density at radius 2 is 1.37 bits per heavy atom. The number of hydrogen-bond acceptors (Lipinski definition) is 1. The van der Waals surface area contributed by atoms with Crippen molar-refractivity contribution in [3.05, 3.63) is 42.0 Å². The molecule has 3 aliphatic carbocycles. The monoisotopic (exact) mass is 410 g/mol. The molecule has 0 radical (unpaired) electrons. The van der Waals surface area contributed by atoms with E-state index in [0.717, 1.165) is 5.75 Å². The van der Waals surface area contributed by atoms with Gasteiger partial charge in [0.1, 0.15) is 12.4 Å². The summed E-state index contributed by atoms with van der Waals surface area (Å²) in [5, 5.41) is 0. The molecule has 0 spiro atoms. The summed E-state index contributed by atoms with van der Waals surface area (Å²) in [6, 6.07) is 9.14. The molecule has 4 rings (SSSR count). The van der Waals surface area contributed by atoms with Crippen molar-refractivity contribution in [2.75, 3.05) is 6.61 Å². The average molecular weight is 411 g/mol. The average Bonchev–Trinajstić information content (AvgIpc) is 2.80. The molecule has 0 N–H and O–H groups in total. The topological polar surface area (TPSA) is 9.23 Å². The van der Waals surface area contributed by atoms with Crippen LogP contribution in [-0.2, 0) is 5.41 Å². The predicted octanol–water partition coefficient (Wildman–Crippen LogP) is 9.15. The highest BCUT2D eigenvalue weighted by Gasteiger charge is 2.48. The minimum absolute atomic E-state index is 0.460. The van der Waals surface area contributed by atoms with Crippen LogP contribution in [0, 0.1) is 5.41 Å². The highest BCUT2D eigenvalue weighted by molar-refractivity contribution is 5.34. The van der Waals surface area contributed by atoms with Crippen molar-refractivity contribution in [2.45, 2.75) is 122 Å². The summed E-state index contributed by atoms with van der Waals surface area (Å²) in [6.45, 7) is 5.26. The van der Waals surface area contributed by atoms with Gasteiger partial charge in [0.15, 0.2) is 0 Å². The number of allylic oxidation sites excluding steroid dienone is 1. The molecular weight excluding hydrogens is 364 g/mol. The van der Waals surface area contributed by atoms with Gasteiger partial charge in [-0.05, 0) is 86.3 Å². The molecule has 0 atom stereocenters. The van der Waals surface area contributed by atoms with Crippen LogP contribution in [0.5, 0.6) is 5.75 Å². The summed E-state index contributed by atoms with van der Waals surface area (Å²) in [6.07, 6.45) is 26.8. The van der Waals surface area contributed by atoms with Crippen molar-refractivity contribution >= 4 is 0 Å². The number of benzene rings is 1. The van der Waals surface area contributed by atoms with Crippen LogP contribution in [0.2, 0.25) is 0 Å². The van der Waals surface area contributed by atoms with E-state index in [1.165, 1.54) is 103 Å². The molecule has 2 bridgehead atoms. The number of fused-ring (bicyclic) bond motifs is 3. The van der Waals surface area contributed by atoms with Crippen LogP contribution in [0.3, 0.4) is 0 Å². The minimum Gasteiger partial charge on any atom is -0.490 e. The van der Waals surface area contributed by atoms with Crippen LogP contribution < -0.4 is 4.74 Å². The third-order valence-corrected chi connectivity index (χ3v) is 8.17. The van der Waals surface area contributed by atoms with Gasteiger partial charge in [-0.3, -0.25) is 0 Å². The largest absolute Gasteiger partial charge is 0.490 e. The fourth-order valence-electron chi connectivity index (χ4n) is 5.92. The molecule has 0 saturated heterocycles. The maximum absolute atomic E-state index is 5.93. The van der Waals surface area contributed by atoms with E-state index >= 15 is 0 Å². The summed E-state index contributed by atoms with van der Waals surface area (Å²) < 4.78 is 5.93. The summed E-state index contributed by atoms with van der Waals surface area (Å²) in [4.78, 5) is 0. The van der Waals surface area contributed by atoms with Gasteiger partial charge in [0.05, 0.1) is 0 Å². The Morgan fingerprint density at radius 3 is 2.03 bits per heavy atom. The molecule has 0 unspecified atom stereocenters. The van der Waals surface area contributed by atoms with Gasteiger partial charge in [0.2, 0.25) is 0 Å². The first kappa shape index (κ1) is 23.4. The highest BCUT2D eigenvalue weighted by Crippen LogP contribution is 2.59. The second kappa shape index (κ2) is 12.0. The van der Waals surface area contributed by atoms with E-state index < -0.39 is 0 Å². The fraction of sp³-hybridized carbons (Fsp3) is 0.724. The molecular formula is C29H46O. The van der Waals surface area contributed by atoms with Gasteiger partial charge in [-0.15, -0.1) is 0 Å². The molecule has 1 aromatic rings. The Kier molecular flexibility index (Phi) is 9.34. The number of rotatable bonds is 14. The van der Waals surface area contributed by atoms with Gasteiger partial charge in [-0.2, -0.15) is 0 Å². The van der Waals surface area contributed by atoms with E-state index in [4.69, 9.17) is 4.74 Å². The molecule has 3 saturated carbocycles. The number of ether oxygens (including phenoxy) is 1. The standard InChI is InChI=1S/C29H46O/c1-3-5-7-9-11-13-25-30-27-16-14-26(15-17-27)29-22-19-28(20-23-29,21-24-29)18-12-10-8-6-4-2/h11,13-17H,3-10,12,18-25H2,1-2H3/b13-11+. The molecule has 168 valence electrons. The van der Waals surface area contributed by atoms with Gasteiger partial charge in [0, 0.05) is 0 Å². The second-order valence-electron chi connectivity index (χ2n) is 10.2. The summed E-state index contributed by atoms with van der Waals surface area (Å²) in [5.41, 5.74) is 2.73. The van der Waals surface area contributed by atoms with Gasteiger partial charge >= 0.3 is 0 Å². The molecule has 30 heavy (non-hydrogen) atoms. The number of hydrogen-bond donors (Lipinski definition) is 0. The Balaban J connectivity index is 1.43. The first-order chi connectivity index (χ1) is 14.7. The highest BCUT2D eigenvalue weighted by atomic mass is 16.5.